The van der Waals surface area contributed by atoms with Gasteiger partial charge in [-0.3, -0.25) is 9.69 Å². The third-order valence-electron chi connectivity index (χ3n) is 4.26. The summed E-state index contributed by atoms with van der Waals surface area (Å²) < 4.78 is 0. The predicted molar refractivity (Wildman–Crippen MR) is 123 cm³/mol. The van der Waals surface area contributed by atoms with E-state index >= 15 is 0 Å². The predicted octanol–water partition coefficient (Wildman–Crippen LogP) is 2.30. The van der Waals surface area contributed by atoms with Gasteiger partial charge in [-0.05, 0) is 17.7 Å². The number of benzene rings is 1. The molecular weight excluding hydrogens is 477 g/mol. The highest BCUT2D eigenvalue weighted by Crippen LogP contribution is 2.13. The highest BCUT2D eigenvalue weighted by molar-refractivity contribution is 14.0. The van der Waals surface area contributed by atoms with Crippen LogP contribution in [0.4, 0.5) is 0 Å². The van der Waals surface area contributed by atoms with Gasteiger partial charge in [0.2, 0.25) is 5.91 Å². The minimum Gasteiger partial charge on any atom is -0.353 e. The fourth-order valence-corrected chi connectivity index (χ4v) is 2.81. The van der Waals surface area contributed by atoms with Gasteiger partial charge < -0.3 is 15.1 Å². The molecule has 1 aliphatic rings. The van der Waals surface area contributed by atoms with E-state index in [1.807, 2.05) is 12.1 Å². The Labute approximate surface area is 184 Å². The van der Waals surface area contributed by atoms with Crippen LogP contribution >= 0.6 is 35.6 Å². The molecule has 1 aliphatic heterocycles. The zero-order chi connectivity index (χ0) is 18.9. The molecule has 1 heterocycles. The smallest absolute Gasteiger partial charge is 0.243 e. The van der Waals surface area contributed by atoms with Gasteiger partial charge in [-0.25, -0.2) is 4.99 Å². The number of rotatable bonds is 6. The number of guanidine groups is 1. The fourth-order valence-electron chi connectivity index (χ4n) is 2.68. The number of aliphatic imine (C=N–C) groups is 1. The summed E-state index contributed by atoms with van der Waals surface area (Å²) in [5.41, 5.74) is 1.26. The molecule has 150 valence electrons. The topological polar surface area (TPSA) is 51.2 Å². The van der Waals surface area contributed by atoms with Crippen molar-refractivity contribution in [2.75, 3.05) is 53.4 Å². The molecule has 8 heteroatoms. The Kier molecular flexibility index (Phi) is 10.7. The average Bonchev–Trinajstić information content (AvgIpc) is 2.64. The van der Waals surface area contributed by atoms with E-state index in [1.54, 1.807) is 25.1 Å². The molecule has 0 unspecified atom stereocenters. The maximum absolute atomic E-state index is 11.8. The molecule has 6 nitrogen and oxygen atoms in total. The molecule has 1 fully saturated rings. The molecule has 0 radical (unpaired) electrons. The third-order valence-corrected chi connectivity index (χ3v) is 4.51. The zero-order valence-corrected chi connectivity index (χ0v) is 19.1. The van der Waals surface area contributed by atoms with Gasteiger partial charge in [-0.1, -0.05) is 29.8 Å². The summed E-state index contributed by atoms with van der Waals surface area (Å²) in [6.45, 7) is 9.05. The van der Waals surface area contributed by atoms with Gasteiger partial charge in [0.1, 0.15) is 6.54 Å². The summed E-state index contributed by atoms with van der Waals surface area (Å²) in [4.78, 5) is 22.5. The van der Waals surface area contributed by atoms with Crippen LogP contribution in [-0.4, -0.2) is 79.9 Å². The Morgan fingerprint density at radius 2 is 1.89 bits per heavy atom. The van der Waals surface area contributed by atoms with Gasteiger partial charge in [0, 0.05) is 58.4 Å². The number of hydrogen-bond acceptors (Lipinski definition) is 3. The van der Waals surface area contributed by atoms with E-state index in [-0.39, 0.29) is 36.4 Å². The molecule has 0 atom stereocenters. The van der Waals surface area contributed by atoms with E-state index in [9.17, 15) is 4.79 Å². The Balaban J connectivity index is 0.00000364. The van der Waals surface area contributed by atoms with Crippen LogP contribution in [0, 0.1) is 0 Å². The lowest BCUT2D eigenvalue weighted by Crippen LogP contribution is -2.52. The number of likely N-dealkylation sites (N-methyl/N-ethyl adjacent to an activating group) is 1. The molecule has 1 aromatic carbocycles. The lowest BCUT2D eigenvalue weighted by Gasteiger charge is -2.36. The molecule has 1 aromatic rings. The van der Waals surface area contributed by atoms with E-state index in [4.69, 9.17) is 11.6 Å². The van der Waals surface area contributed by atoms with E-state index in [0.717, 1.165) is 43.7 Å². The Hall–Kier alpha value is -1.32. The van der Waals surface area contributed by atoms with E-state index in [1.165, 1.54) is 5.56 Å². The van der Waals surface area contributed by atoms with Crippen molar-refractivity contribution in [2.24, 2.45) is 4.99 Å². The van der Waals surface area contributed by atoms with Crippen molar-refractivity contribution >= 4 is 47.4 Å². The summed E-state index contributed by atoms with van der Waals surface area (Å²) in [6, 6.07) is 8.00. The normalized spacial score (nSPS) is 15.1. The van der Waals surface area contributed by atoms with Gasteiger partial charge in [-0.15, -0.1) is 30.6 Å². The summed E-state index contributed by atoms with van der Waals surface area (Å²) in [5, 5.41) is 4.02. The standard InChI is InChI=1S/C19H28ClN5O.HI/c1-4-9-21-19(22-14-18(26)23(2)3)25-12-10-24(11-13-25)15-16-5-7-17(20)8-6-16;/h4-8H,1,9-15H2,2-3H3,(H,21,22);1H. The first-order valence-electron chi connectivity index (χ1n) is 8.80. The summed E-state index contributed by atoms with van der Waals surface area (Å²) >= 11 is 5.95. The molecule has 1 amide bonds. The molecule has 1 saturated heterocycles. The number of piperazine rings is 1. The first-order valence-corrected chi connectivity index (χ1v) is 9.18. The summed E-state index contributed by atoms with van der Waals surface area (Å²) in [6.07, 6.45) is 1.79. The molecule has 0 bridgehead atoms. The second-order valence-electron chi connectivity index (χ2n) is 6.49. The Morgan fingerprint density at radius 3 is 2.44 bits per heavy atom. The highest BCUT2D eigenvalue weighted by atomic mass is 127. The van der Waals surface area contributed by atoms with Crippen LogP contribution in [0.3, 0.4) is 0 Å². The zero-order valence-electron chi connectivity index (χ0n) is 16.0. The van der Waals surface area contributed by atoms with Crippen LogP contribution < -0.4 is 5.32 Å². The first kappa shape index (κ1) is 23.7. The quantitative estimate of drug-likeness (QED) is 0.279. The molecular formula is C19H29ClIN5O. The second-order valence-corrected chi connectivity index (χ2v) is 6.92. The number of carbonyl (C=O) groups is 1. The SMILES string of the molecule is C=CCNC(=NCC(=O)N(C)C)N1CCN(Cc2ccc(Cl)cc2)CC1.I. The molecule has 0 aliphatic carbocycles. The van der Waals surface area contributed by atoms with Gasteiger partial charge in [0.25, 0.3) is 0 Å². The summed E-state index contributed by atoms with van der Waals surface area (Å²) in [7, 11) is 3.48. The van der Waals surface area contributed by atoms with Crippen LogP contribution in [-0.2, 0) is 11.3 Å². The number of hydrogen-bond donors (Lipinski definition) is 1. The number of carbonyl (C=O) groups excluding carboxylic acids is 1. The van der Waals surface area contributed by atoms with Crippen molar-refractivity contribution in [3.63, 3.8) is 0 Å². The van der Waals surface area contributed by atoms with Crippen LogP contribution in [0.15, 0.2) is 41.9 Å². The molecule has 27 heavy (non-hydrogen) atoms. The lowest BCUT2D eigenvalue weighted by molar-refractivity contribution is -0.127. The van der Waals surface area contributed by atoms with Crippen molar-refractivity contribution in [1.82, 2.24) is 20.0 Å². The summed E-state index contributed by atoms with van der Waals surface area (Å²) in [5.74, 6) is 0.760. The van der Waals surface area contributed by atoms with E-state index in [2.05, 4.69) is 38.8 Å². The van der Waals surface area contributed by atoms with E-state index < -0.39 is 0 Å². The minimum absolute atomic E-state index is 0. The van der Waals surface area contributed by atoms with Crippen molar-refractivity contribution in [2.45, 2.75) is 6.54 Å². The van der Waals surface area contributed by atoms with Gasteiger partial charge in [0.15, 0.2) is 5.96 Å². The monoisotopic (exact) mass is 505 g/mol. The van der Waals surface area contributed by atoms with Crippen LogP contribution in [0.5, 0.6) is 0 Å². The molecule has 1 N–H and O–H groups in total. The lowest BCUT2D eigenvalue weighted by atomic mass is 10.2. The second kappa shape index (κ2) is 12.2. The number of nitrogens with one attached hydrogen (secondary N) is 1. The minimum atomic E-state index is -0.00993. The fraction of sp³-hybridized carbons (Fsp3) is 0.474. The van der Waals surface area contributed by atoms with E-state index in [0.29, 0.717) is 6.54 Å². The third kappa shape index (κ3) is 8.06. The number of amides is 1. The van der Waals surface area contributed by atoms with Crippen LogP contribution in [0.25, 0.3) is 0 Å². The van der Waals surface area contributed by atoms with Crippen molar-refractivity contribution < 1.29 is 4.79 Å². The van der Waals surface area contributed by atoms with Gasteiger partial charge in [-0.2, -0.15) is 0 Å². The van der Waals surface area contributed by atoms with Crippen molar-refractivity contribution in [3.05, 3.63) is 47.5 Å². The average molecular weight is 506 g/mol. The molecule has 0 spiro atoms. The number of nitrogens with zero attached hydrogens (tertiary/aromatic N) is 4. The van der Waals surface area contributed by atoms with Gasteiger partial charge in [0.05, 0.1) is 0 Å². The number of halogens is 2. The Morgan fingerprint density at radius 1 is 1.26 bits per heavy atom. The highest BCUT2D eigenvalue weighted by Gasteiger charge is 2.20. The maximum atomic E-state index is 11.8. The van der Waals surface area contributed by atoms with Crippen LogP contribution in [0.1, 0.15) is 5.56 Å². The Bertz CT molecular complexity index is 627. The maximum Gasteiger partial charge on any atom is 0.243 e. The molecule has 0 saturated carbocycles. The van der Waals surface area contributed by atoms with Crippen molar-refractivity contribution in [1.29, 1.82) is 0 Å². The first-order chi connectivity index (χ1) is 12.5. The van der Waals surface area contributed by atoms with Gasteiger partial charge >= 0.3 is 0 Å². The molecule has 2 rings (SSSR count). The largest absolute Gasteiger partial charge is 0.353 e. The van der Waals surface area contributed by atoms with Crippen molar-refractivity contribution in [3.8, 4) is 0 Å². The van der Waals surface area contributed by atoms with Crippen LogP contribution in [0.2, 0.25) is 5.02 Å². The molecule has 0 aromatic heterocycles.